The number of carbonyl (C=O) groups excluding carboxylic acids is 1. The molecule has 3 rings (SSSR count). The van der Waals surface area contributed by atoms with Crippen LogP contribution in [-0.4, -0.2) is 38.9 Å². The SMILES string of the molecule is COc1cc(CNC(=O)CNc2cccc(C(F)(F)F)c2)ccc1OCC1CCCO1. The molecule has 1 aliphatic rings. The summed E-state index contributed by atoms with van der Waals surface area (Å²) < 4.78 is 55.0. The van der Waals surface area contributed by atoms with Crippen LogP contribution >= 0.6 is 0 Å². The van der Waals surface area contributed by atoms with Gasteiger partial charge in [0.15, 0.2) is 11.5 Å². The van der Waals surface area contributed by atoms with Gasteiger partial charge in [-0.05, 0) is 48.7 Å². The molecule has 0 saturated carbocycles. The molecule has 6 nitrogen and oxygen atoms in total. The first-order valence-electron chi connectivity index (χ1n) is 9.94. The van der Waals surface area contributed by atoms with E-state index in [-0.39, 0.29) is 30.8 Å². The molecule has 1 aliphatic heterocycles. The molecule has 168 valence electrons. The standard InChI is InChI=1S/C22H25F3N2O4/c1-29-20-10-15(7-8-19(20)31-14-18-6-3-9-30-18)12-27-21(28)13-26-17-5-2-4-16(11-17)22(23,24)25/h2,4-5,7-8,10-11,18,26H,3,6,9,12-14H2,1H3,(H,27,28). The van der Waals surface area contributed by atoms with Gasteiger partial charge < -0.3 is 24.8 Å². The van der Waals surface area contributed by atoms with Crippen molar-refractivity contribution in [2.45, 2.75) is 31.7 Å². The van der Waals surface area contributed by atoms with Crippen LogP contribution < -0.4 is 20.1 Å². The van der Waals surface area contributed by atoms with Crippen molar-refractivity contribution in [1.29, 1.82) is 0 Å². The number of benzene rings is 2. The average molecular weight is 438 g/mol. The third-order valence-corrected chi connectivity index (χ3v) is 4.81. The molecule has 2 N–H and O–H groups in total. The summed E-state index contributed by atoms with van der Waals surface area (Å²) in [4.78, 5) is 12.1. The highest BCUT2D eigenvalue weighted by Gasteiger charge is 2.30. The summed E-state index contributed by atoms with van der Waals surface area (Å²) in [6.45, 7) is 1.30. The van der Waals surface area contributed by atoms with Gasteiger partial charge >= 0.3 is 6.18 Å². The summed E-state index contributed by atoms with van der Waals surface area (Å²) in [7, 11) is 1.54. The molecule has 31 heavy (non-hydrogen) atoms. The number of hydrogen-bond donors (Lipinski definition) is 2. The van der Waals surface area contributed by atoms with Crippen molar-refractivity contribution >= 4 is 11.6 Å². The Morgan fingerprint density at radius 2 is 2.03 bits per heavy atom. The second-order valence-electron chi connectivity index (χ2n) is 7.14. The number of ether oxygens (including phenoxy) is 3. The van der Waals surface area contributed by atoms with E-state index in [9.17, 15) is 18.0 Å². The maximum absolute atomic E-state index is 12.8. The van der Waals surface area contributed by atoms with Crippen LogP contribution in [0.15, 0.2) is 42.5 Å². The summed E-state index contributed by atoms with van der Waals surface area (Å²) in [5, 5.41) is 5.42. The number of halogens is 3. The number of amides is 1. The fourth-order valence-electron chi connectivity index (χ4n) is 3.15. The number of hydrogen-bond acceptors (Lipinski definition) is 5. The number of carbonyl (C=O) groups is 1. The second-order valence-corrected chi connectivity index (χ2v) is 7.14. The highest BCUT2D eigenvalue weighted by molar-refractivity contribution is 5.80. The predicted molar refractivity (Wildman–Crippen MR) is 109 cm³/mol. The van der Waals surface area contributed by atoms with Crippen molar-refractivity contribution < 1.29 is 32.2 Å². The van der Waals surface area contributed by atoms with Crippen molar-refractivity contribution in [3.05, 3.63) is 53.6 Å². The van der Waals surface area contributed by atoms with Crippen LogP contribution in [0.3, 0.4) is 0 Å². The van der Waals surface area contributed by atoms with Crippen LogP contribution in [-0.2, 0) is 22.3 Å². The zero-order chi connectivity index (χ0) is 22.3. The van der Waals surface area contributed by atoms with Gasteiger partial charge in [-0.25, -0.2) is 0 Å². The minimum Gasteiger partial charge on any atom is -0.493 e. The summed E-state index contributed by atoms with van der Waals surface area (Å²) in [5.74, 6) is 0.793. The molecule has 2 aromatic rings. The Hall–Kier alpha value is -2.94. The normalized spacial score (nSPS) is 16.1. The fraction of sp³-hybridized carbons (Fsp3) is 0.409. The third kappa shape index (κ3) is 6.78. The van der Waals surface area contributed by atoms with Gasteiger partial charge in [0.1, 0.15) is 6.61 Å². The first-order valence-corrected chi connectivity index (χ1v) is 9.94. The molecule has 0 aromatic heterocycles. The molecule has 1 fully saturated rings. The van der Waals surface area contributed by atoms with Crippen molar-refractivity contribution in [2.75, 3.05) is 32.2 Å². The van der Waals surface area contributed by atoms with Gasteiger partial charge in [-0.15, -0.1) is 0 Å². The fourth-order valence-corrected chi connectivity index (χ4v) is 3.15. The Kier molecular flexibility index (Phi) is 7.62. The topological polar surface area (TPSA) is 68.8 Å². The maximum atomic E-state index is 12.8. The van der Waals surface area contributed by atoms with Crippen LogP contribution in [0.25, 0.3) is 0 Å². The van der Waals surface area contributed by atoms with Crippen LogP contribution in [0.5, 0.6) is 11.5 Å². The Morgan fingerprint density at radius 3 is 2.74 bits per heavy atom. The Balaban J connectivity index is 1.48. The minimum atomic E-state index is -4.43. The van der Waals surface area contributed by atoms with Crippen molar-refractivity contribution in [3.63, 3.8) is 0 Å². The quantitative estimate of drug-likeness (QED) is 0.620. The van der Waals surface area contributed by atoms with Gasteiger partial charge in [-0.3, -0.25) is 4.79 Å². The Morgan fingerprint density at radius 1 is 1.19 bits per heavy atom. The monoisotopic (exact) mass is 438 g/mol. The lowest BCUT2D eigenvalue weighted by molar-refractivity contribution is -0.137. The van der Waals surface area contributed by atoms with E-state index >= 15 is 0 Å². The molecule has 1 unspecified atom stereocenters. The third-order valence-electron chi connectivity index (χ3n) is 4.81. The number of anilines is 1. The first-order chi connectivity index (χ1) is 14.8. The van der Waals surface area contributed by atoms with Crippen molar-refractivity contribution in [2.24, 2.45) is 0 Å². The molecule has 2 aromatic carbocycles. The van der Waals surface area contributed by atoms with Crippen molar-refractivity contribution in [3.8, 4) is 11.5 Å². The number of nitrogens with one attached hydrogen (secondary N) is 2. The zero-order valence-corrected chi connectivity index (χ0v) is 17.1. The van der Waals surface area contributed by atoms with E-state index in [2.05, 4.69) is 10.6 Å². The van der Waals surface area contributed by atoms with Crippen LogP contribution in [0.1, 0.15) is 24.0 Å². The lowest BCUT2D eigenvalue weighted by Gasteiger charge is -2.15. The maximum Gasteiger partial charge on any atom is 0.416 e. The smallest absolute Gasteiger partial charge is 0.416 e. The minimum absolute atomic E-state index is 0.0907. The summed E-state index contributed by atoms with van der Waals surface area (Å²) in [6.07, 6.45) is -2.33. The summed E-state index contributed by atoms with van der Waals surface area (Å²) >= 11 is 0. The highest BCUT2D eigenvalue weighted by Crippen LogP contribution is 2.31. The lowest BCUT2D eigenvalue weighted by Crippen LogP contribution is -2.29. The van der Waals surface area contributed by atoms with Gasteiger partial charge in [0.2, 0.25) is 5.91 Å². The number of rotatable bonds is 9. The van der Waals surface area contributed by atoms with Gasteiger partial charge in [0, 0.05) is 18.8 Å². The molecule has 1 amide bonds. The van der Waals surface area contributed by atoms with E-state index in [0.717, 1.165) is 37.1 Å². The molecule has 1 saturated heterocycles. The van der Waals surface area contributed by atoms with E-state index in [1.165, 1.54) is 19.2 Å². The molecule has 1 atom stereocenters. The number of methoxy groups -OCH3 is 1. The van der Waals surface area contributed by atoms with Gasteiger partial charge in [-0.2, -0.15) is 13.2 Å². The molecule has 0 radical (unpaired) electrons. The predicted octanol–water partition coefficient (Wildman–Crippen LogP) is 4.00. The Labute approximate surface area is 178 Å². The van der Waals surface area contributed by atoms with Gasteiger partial charge in [0.25, 0.3) is 0 Å². The van der Waals surface area contributed by atoms with E-state index in [1.54, 1.807) is 12.1 Å². The van der Waals surface area contributed by atoms with E-state index in [0.29, 0.717) is 18.1 Å². The van der Waals surface area contributed by atoms with Crippen LogP contribution in [0, 0.1) is 0 Å². The van der Waals surface area contributed by atoms with E-state index < -0.39 is 11.7 Å². The highest BCUT2D eigenvalue weighted by atomic mass is 19.4. The summed E-state index contributed by atoms with van der Waals surface area (Å²) in [6, 6.07) is 10.1. The molecular formula is C22H25F3N2O4. The number of alkyl halides is 3. The Bertz CT molecular complexity index is 883. The van der Waals surface area contributed by atoms with Crippen LogP contribution in [0.4, 0.5) is 18.9 Å². The molecular weight excluding hydrogens is 413 g/mol. The van der Waals surface area contributed by atoms with Gasteiger partial charge in [-0.1, -0.05) is 12.1 Å². The molecule has 0 aliphatic carbocycles. The zero-order valence-electron chi connectivity index (χ0n) is 17.1. The second kappa shape index (κ2) is 10.4. The van der Waals surface area contributed by atoms with Crippen LogP contribution in [0.2, 0.25) is 0 Å². The molecule has 9 heteroatoms. The van der Waals surface area contributed by atoms with Crippen molar-refractivity contribution in [1.82, 2.24) is 5.32 Å². The molecule has 0 spiro atoms. The first kappa shape index (κ1) is 22.7. The average Bonchev–Trinajstić information content (AvgIpc) is 3.28. The van der Waals surface area contributed by atoms with E-state index in [1.807, 2.05) is 6.07 Å². The summed E-state index contributed by atoms with van der Waals surface area (Å²) in [5.41, 5.74) is 0.250. The van der Waals surface area contributed by atoms with Gasteiger partial charge in [0.05, 0.1) is 25.3 Å². The molecule has 1 heterocycles. The lowest BCUT2D eigenvalue weighted by atomic mass is 10.2. The largest absolute Gasteiger partial charge is 0.493 e. The van der Waals surface area contributed by atoms with E-state index in [4.69, 9.17) is 14.2 Å². The molecule has 0 bridgehead atoms.